The van der Waals surface area contributed by atoms with Gasteiger partial charge in [0, 0.05) is 0 Å². The molecule has 0 spiro atoms. The molecular formula is C15H16O4P-. The van der Waals surface area contributed by atoms with Crippen molar-refractivity contribution in [3.05, 3.63) is 59.2 Å². The summed E-state index contributed by atoms with van der Waals surface area (Å²) in [4.78, 5) is 12.0. The minimum absolute atomic E-state index is 0.275. The summed E-state index contributed by atoms with van der Waals surface area (Å²) < 4.78 is 22.1. The van der Waals surface area contributed by atoms with Gasteiger partial charge in [0.05, 0.1) is 0 Å². The van der Waals surface area contributed by atoms with E-state index in [1.54, 1.807) is 51.1 Å². The van der Waals surface area contributed by atoms with Crippen LogP contribution in [0.2, 0.25) is 0 Å². The SMILES string of the molecule is Cc1ccccc1OP(=O)([O-])Oc1c(C)cccc1C. The summed E-state index contributed by atoms with van der Waals surface area (Å²) in [6.07, 6.45) is 0. The highest BCUT2D eigenvalue weighted by Crippen LogP contribution is 2.43. The van der Waals surface area contributed by atoms with Gasteiger partial charge in [0.1, 0.15) is 11.5 Å². The molecule has 106 valence electrons. The van der Waals surface area contributed by atoms with Crippen LogP contribution in [-0.4, -0.2) is 0 Å². The Morgan fingerprint density at radius 1 is 0.850 bits per heavy atom. The van der Waals surface area contributed by atoms with Gasteiger partial charge in [-0.05, 0) is 43.5 Å². The van der Waals surface area contributed by atoms with E-state index >= 15 is 0 Å². The fourth-order valence-corrected chi connectivity index (χ4v) is 2.85. The van der Waals surface area contributed by atoms with Crippen molar-refractivity contribution in [3.63, 3.8) is 0 Å². The molecular weight excluding hydrogens is 275 g/mol. The summed E-state index contributed by atoms with van der Waals surface area (Å²) >= 11 is 0. The third-order valence-electron chi connectivity index (χ3n) is 2.92. The Kier molecular flexibility index (Phi) is 4.17. The number of benzene rings is 2. The Balaban J connectivity index is 2.24. The first-order valence-corrected chi connectivity index (χ1v) is 7.67. The van der Waals surface area contributed by atoms with E-state index in [0.717, 1.165) is 16.7 Å². The molecule has 0 aliphatic rings. The van der Waals surface area contributed by atoms with Crippen LogP contribution in [0.15, 0.2) is 42.5 Å². The summed E-state index contributed by atoms with van der Waals surface area (Å²) in [6.45, 7) is 5.35. The van der Waals surface area contributed by atoms with Crippen LogP contribution >= 0.6 is 7.82 Å². The molecule has 4 nitrogen and oxygen atoms in total. The quantitative estimate of drug-likeness (QED) is 0.808. The zero-order valence-electron chi connectivity index (χ0n) is 11.6. The van der Waals surface area contributed by atoms with Crippen LogP contribution in [0.25, 0.3) is 0 Å². The Morgan fingerprint density at radius 2 is 1.40 bits per heavy atom. The molecule has 2 aromatic rings. The lowest BCUT2D eigenvalue weighted by molar-refractivity contribution is -0.208. The molecule has 1 atom stereocenters. The Morgan fingerprint density at radius 3 is 2.00 bits per heavy atom. The van der Waals surface area contributed by atoms with Crippen molar-refractivity contribution < 1.29 is 18.5 Å². The van der Waals surface area contributed by atoms with Gasteiger partial charge in [0.25, 0.3) is 0 Å². The lowest BCUT2D eigenvalue weighted by Gasteiger charge is -2.26. The van der Waals surface area contributed by atoms with Crippen molar-refractivity contribution in [2.45, 2.75) is 20.8 Å². The topological polar surface area (TPSA) is 58.6 Å². The number of aryl methyl sites for hydroxylation is 3. The zero-order valence-corrected chi connectivity index (χ0v) is 12.5. The molecule has 0 heterocycles. The van der Waals surface area contributed by atoms with Crippen LogP contribution in [0, 0.1) is 20.8 Å². The van der Waals surface area contributed by atoms with E-state index in [1.807, 2.05) is 12.1 Å². The molecule has 0 amide bonds. The molecule has 20 heavy (non-hydrogen) atoms. The highest BCUT2D eigenvalue weighted by Gasteiger charge is 2.17. The normalized spacial score (nSPS) is 13.6. The third kappa shape index (κ3) is 3.41. The van der Waals surface area contributed by atoms with Crippen molar-refractivity contribution in [1.82, 2.24) is 0 Å². The van der Waals surface area contributed by atoms with E-state index in [-0.39, 0.29) is 5.75 Å². The zero-order chi connectivity index (χ0) is 14.8. The maximum atomic E-state index is 12.0. The second-order valence-electron chi connectivity index (χ2n) is 4.62. The van der Waals surface area contributed by atoms with Crippen molar-refractivity contribution in [2.75, 3.05) is 0 Å². The van der Waals surface area contributed by atoms with Gasteiger partial charge >= 0.3 is 7.82 Å². The van der Waals surface area contributed by atoms with E-state index in [4.69, 9.17) is 9.05 Å². The van der Waals surface area contributed by atoms with E-state index in [2.05, 4.69) is 0 Å². The van der Waals surface area contributed by atoms with Crippen LogP contribution in [0.1, 0.15) is 16.7 Å². The molecule has 2 aromatic carbocycles. The molecule has 0 radical (unpaired) electrons. The standard InChI is InChI=1S/C15H17O4P/c1-11-7-4-5-10-14(11)18-20(16,17)19-15-12(2)8-6-9-13(15)3/h4-10H,1-3H3,(H,16,17)/p-1. The predicted octanol–water partition coefficient (Wildman–Crippen LogP) is 3.54. The second-order valence-corrected chi connectivity index (χ2v) is 5.88. The van der Waals surface area contributed by atoms with Gasteiger partial charge in [-0.25, -0.2) is 4.57 Å². The number of para-hydroxylation sites is 2. The van der Waals surface area contributed by atoms with Crippen LogP contribution in [0.5, 0.6) is 11.5 Å². The molecule has 0 N–H and O–H groups in total. The summed E-state index contributed by atoms with van der Waals surface area (Å²) in [6, 6.07) is 12.3. The number of rotatable bonds is 4. The summed E-state index contributed by atoms with van der Waals surface area (Å²) in [5, 5.41) is 0. The van der Waals surface area contributed by atoms with Gasteiger partial charge in [0.15, 0.2) is 0 Å². The number of phosphoric ester groups is 1. The smallest absolute Gasteiger partial charge is 0.372 e. The van der Waals surface area contributed by atoms with Gasteiger partial charge < -0.3 is 13.9 Å². The number of phosphoric acid groups is 1. The van der Waals surface area contributed by atoms with E-state index in [0.29, 0.717) is 5.75 Å². The molecule has 0 fully saturated rings. The molecule has 2 rings (SSSR count). The molecule has 0 saturated heterocycles. The van der Waals surface area contributed by atoms with E-state index < -0.39 is 7.82 Å². The Labute approximate surface area is 118 Å². The average molecular weight is 291 g/mol. The van der Waals surface area contributed by atoms with Crippen LogP contribution in [-0.2, 0) is 4.57 Å². The fourth-order valence-electron chi connectivity index (χ4n) is 1.85. The van der Waals surface area contributed by atoms with Crippen molar-refractivity contribution in [2.24, 2.45) is 0 Å². The van der Waals surface area contributed by atoms with E-state index in [1.165, 1.54) is 0 Å². The van der Waals surface area contributed by atoms with Crippen molar-refractivity contribution in [1.29, 1.82) is 0 Å². The van der Waals surface area contributed by atoms with Crippen LogP contribution in [0.4, 0.5) is 0 Å². The highest BCUT2D eigenvalue weighted by atomic mass is 31.2. The second kappa shape index (κ2) is 5.70. The Bertz CT molecular complexity index is 646. The third-order valence-corrected chi connectivity index (χ3v) is 3.74. The van der Waals surface area contributed by atoms with Gasteiger partial charge in [-0.15, -0.1) is 0 Å². The first kappa shape index (κ1) is 14.6. The van der Waals surface area contributed by atoms with Gasteiger partial charge in [0.2, 0.25) is 0 Å². The molecule has 5 heteroatoms. The molecule has 0 aromatic heterocycles. The van der Waals surface area contributed by atoms with Crippen molar-refractivity contribution >= 4 is 7.82 Å². The first-order chi connectivity index (χ1) is 9.39. The minimum Gasteiger partial charge on any atom is -0.736 e. The summed E-state index contributed by atoms with van der Waals surface area (Å²) in [7, 11) is -4.47. The monoisotopic (exact) mass is 291 g/mol. The average Bonchev–Trinajstić information content (AvgIpc) is 2.37. The molecule has 0 aliphatic heterocycles. The summed E-state index contributed by atoms with van der Waals surface area (Å²) in [5.41, 5.74) is 2.22. The Hall–Kier alpha value is -1.77. The molecule has 0 saturated carbocycles. The van der Waals surface area contributed by atoms with Crippen LogP contribution < -0.4 is 13.9 Å². The summed E-state index contributed by atoms with van der Waals surface area (Å²) in [5.74, 6) is 0.594. The number of hydrogen-bond donors (Lipinski definition) is 0. The van der Waals surface area contributed by atoms with Gasteiger partial charge in [-0.1, -0.05) is 36.4 Å². The van der Waals surface area contributed by atoms with E-state index in [9.17, 15) is 9.46 Å². The highest BCUT2D eigenvalue weighted by molar-refractivity contribution is 7.46. The van der Waals surface area contributed by atoms with Crippen LogP contribution in [0.3, 0.4) is 0 Å². The lowest BCUT2D eigenvalue weighted by atomic mass is 10.1. The molecule has 1 unspecified atom stereocenters. The first-order valence-electron chi connectivity index (χ1n) is 6.21. The molecule has 0 aliphatic carbocycles. The lowest BCUT2D eigenvalue weighted by Crippen LogP contribution is -2.14. The van der Waals surface area contributed by atoms with Gasteiger partial charge in [-0.2, -0.15) is 0 Å². The largest absolute Gasteiger partial charge is 0.736 e. The fraction of sp³-hybridized carbons (Fsp3) is 0.200. The van der Waals surface area contributed by atoms with Crippen molar-refractivity contribution in [3.8, 4) is 11.5 Å². The predicted molar refractivity (Wildman–Crippen MR) is 76.0 cm³/mol. The minimum atomic E-state index is -4.47. The maximum absolute atomic E-state index is 12.0. The molecule has 0 bridgehead atoms. The maximum Gasteiger partial charge on any atom is 0.372 e. The number of hydrogen-bond acceptors (Lipinski definition) is 4. The van der Waals surface area contributed by atoms with Gasteiger partial charge in [-0.3, -0.25) is 0 Å².